The largest absolute Gasteiger partial charge is 0.469 e. The van der Waals surface area contributed by atoms with E-state index in [1.807, 2.05) is 61.5 Å². The van der Waals surface area contributed by atoms with Gasteiger partial charge in [-0.2, -0.15) is 5.10 Å². The van der Waals surface area contributed by atoms with Gasteiger partial charge in [0.25, 0.3) is 5.91 Å². The number of amides is 1. The number of rotatable bonds is 6. The molecule has 144 valence electrons. The molecule has 0 spiro atoms. The molecular formula is C21H20BrN3O3. The third-order valence-corrected chi connectivity index (χ3v) is 4.96. The summed E-state index contributed by atoms with van der Waals surface area (Å²) in [6.07, 6.45) is 1.58. The molecule has 7 heteroatoms. The third-order valence-electron chi connectivity index (χ3n) is 4.43. The Balaban J connectivity index is 1.84. The SMILES string of the molecule is COC(=O)CC(NC(=O)c1cnn(-c2ccc(Br)cc2)c1C)c1ccccc1. The third kappa shape index (κ3) is 4.48. The maximum atomic E-state index is 12.9. The highest BCUT2D eigenvalue weighted by atomic mass is 79.9. The quantitative estimate of drug-likeness (QED) is 0.587. The zero-order valence-electron chi connectivity index (χ0n) is 15.6. The molecule has 3 aromatic rings. The van der Waals surface area contributed by atoms with Crippen LogP contribution in [0, 0.1) is 6.92 Å². The predicted molar refractivity (Wildman–Crippen MR) is 109 cm³/mol. The van der Waals surface area contributed by atoms with E-state index in [1.165, 1.54) is 13.3 Å². The van der Waals surface area contributed by atoms with E-state index in [0.717, 1.165) is 15.7 Å². The minimum Gasteiger partial charge on any atom is -0.469 e. The van der Waals surface area contributed by atoms with E-state index >= 15 is 0 Å². The number of ether oxygens (including phenoxy) is 1. The number of benzene rings is 2. The average Bonchev–Trinajstić information content (AvgIpc) is 3.10. The van der Waals surface area contributed by atoms with Crippen molar-refractivity contribution in [2.24, 2.45) is 0 Å². The van der Waals surface area contributed by atoms with Crippen LogP contribution in [0.3, 0.4) is 0 Å². The van der Waals surface area contributed by atoms with Crippen LogP contribution in [0.25, 0.3) is 5.69 Å². The van der Waals surface area contributed by atoms with Crippen LogP contribution in [0.1, 0.15) is 34.1 Å². The highest BCUT2D eigenvalue weighted by molar-refractivity contribution is 9.10. The molecular weight excluding hydrogens is 422 g/mol. The zero-order chi connectivity index (χ0) is 20.1. The van der Waals surface area contributed by atoms with Crippen LogP contribution < -0.4 is 5.32 Å². The van der Waals surface area contributed by atoms with Gasteiger partial charge in [0.05, 0.1) is 42.7 Å². The summed E-state index contributed by atoms with van der Waals surface area (Å²) in [5.41, 5.74) is 2.85. The molecule has 0 radical (unpaired) electrons. The number of nitrogens with one attached hydrogen (secondary N) is 1. The first-order chi connectivity index (χ1) is 13.5. The van der Waals surface area contributed by atoms with Crippen molar-refractivity contribution in [3.05, 3.63) is 82.1 Å². The standard InChI is InChI=1S/C21H20BrN3O3/c1-14-18(13-23-25(14)17-10-8-16(22)9-11-17)21(27)24-19(12-20(26)28-2)15-6-4-3-5-7-15/h3-11,13,19H,12H2,1-2H3,(H,24,27). The second kappa shape index (κ2) is 8.84. The molecule has 1 N–H and O–H groups in total. The van der Waals surface area contributed by atoms with Gasteiger partial charge < -0.3 is 10.1 Å². The van der Waals surface area contributed by atoms with Crippen molar-refractivity contribution in [1.82, 2.24) is 15.1 Å². The maximum absolute atomic E-state index is 12.9. The van der Waals surface area contributed by atoms with Crippen molar-refractivity contribution in [3.8, 4) is 5.69 Å². The molecule has 0 saturated carbocycles. The van der Waals surface area contributed by atoms with Crippen molar-refractivity contribution >= 4 is 27.8 Å². The Morgan fingerprint density at radius 1 is 1.14 bits per heavy atom. The second-order valence-corrected chi connectivity index (χ2v) is 7.16. The Bertz CT molecular complexity index is 968. The highest BCUT2D eigenvalue weighted by Crippen LogP contribution is 2.20. The lowest BCUT2D eigenvalue weighted by Gasteiger charge is -2.18. The second-order valence-electron chi connectivity index (χ2n) is 6.25. The van der Waals surface area contributed by atoms with E-state index in [-0.39, 0.29) is 12.3 Å². The monoisotopic (exact) mass is 441 g/mol. The van der Waals surface area contributed by atoms with Gasteiger partial charge >= 0.3 is 5.97 Å². The topological polar surface area (TPSA) is 73.2 Å². The molecule has 1 unspecified atom stereocenters. The van der Waals surface area contributed by atoms with E-state index < -0.39 is 12.0 Å². The number of aromatic nitrogens is 2. The van der Waals surface area contributed by atoms with Crippen molar-refractivity contribution in [2.75, 3.05) is 7.11 Å². The molecule has 1 aromatic heterocycles. The fourth-order valence-corrected chi connectivity index (χ4v) is 3.16. The molecule has 0 aliphatic heterocycles. The number of hydrogen-bond acceptors (Lipinski definition) is 4. The van der Waals surface area contributed by atoms with Gasteiger partial charge in [-0.05, 0) is 36.8 Å². The van der Waals surface area contributed by atoms with Crippen LogP contribution in [0.4, 0.5) is 0 Å². The normalized spacial score (nSPS) is 11.7. The fourth-order valence-electron chi connectivity index (χ4n) is 2.90. The molecule has 0 aliphatic carbocycles. The number of esters is 1. The van der Waals surface area contributed by atoms with Crippen LogP contribution in [-0.4, -0.2) is 28.8 Å². The molecule has 0 saturated heterocycles. The van der Waals surface area contributed by atoms with Crippen LogP contribution in [0.15, 0.2) is 65.3 Å². The first-order valence-electron chi connectivity index (χ1n) is 8.72. The van der Waals surface area contributed by atoms with E-state index in [9.17, 15) is 9.59 Å². The Kier molecular flexibility index (Phi) is 6.26. The van der Waals surface area contributed by atoms with Gasteiger partial charge in [0, 0.05) is 4.47 Å². The number of carbonyl (C=O) groups is 2. The molecule has 0 fully saturated rings. The van der Waals surface area contributed by atoms with Crippen LogP contribution in [-0.2, 0) is 9.53 Å². The minimum atomic E-state index is -0.489. The van der Waals surface area contributed by atoms with Gasteiger partial charge in [0.15, 0.2) is 0 Å². The summed E-state index contributed by atoms with van der Waals surface area (Å²) in [7, 11) is 1.33. The van der Waals surface area contributed by atoms with E-state index in [1.54, 1.807) is 4.68 Å². The first kappa shape index (κ1) is 19.8. The van der Waals surface area contributed by atoms with E-state index in [4.69, 9.17) is 4.74 Å². The number of carbonyl (C=O) groups excluding carboxylic acids is 2. The van der Waals surface area contributed by atoms with Gasteiger partial charge in [-0.25, -0.2) is 4.68 Å². The molecule has 2 aromatic carbocycles. The molecule has 1 amide bonds. The molecule has 3 rings (SSSR count). The number of nitrogens with zero attached hydrogens (tertiary/aromatic N) is 2. The van der Waals surface area contributed by atoms with Crippen LogP contribution >= 0.6 is 15.9 Å². The Morgan fingerprint density at radius 2 is 1.82 bits per heavy atom. The summed E-state index contributed by atoms with van der Waals surface area (Å²) in [5, 5.41) is 7.27. The number of methoxy groups -OCH3 is 1. The Morgan fingerprint density at radius 3 is 2.46 bits per heavy atom. The van der Waals surface area contributed by atoms with Gasteiger partial charge in [0.1, 0.15) is 0 Å². The van der Waals surface area contributed by atoms with Crippen molar-refractivity contribution in [3.63, 3.8) is 0 Å². The predicted octanol–water partition coefficient (Wildman–Crippen LogP) is 3.98. The Labute approximate surface area is 171 Å². The summed E-state index contributed by atoms with van der Waals surface area (Å²) < 4.78 is 7.45. The molecule has 6 nitrogen and oxygen atoms in total. The average molecular weight is 442 g/mol. The molecule has 1 atom stereocenters. The van der Waals surface area contributed by atoms with Crippen molar-refractivity contribution in [1.29, 1.82) is 0 Å². The zero-order valence-corrected chi connectivity index (χ0v) is 17.1. The summed E-state index contributed by atoms with van der Waals surface area (Å²) in [4.78, 5) is 24.7. The summed E-state index contributed by atoms with van der Waals surface area (Å²) in [6.45, 7) is 1.84. The van der Waals surface area contributed by atoms with Gasteiger partial charge in [0.2, 0.25) is 0 Å². The Hall–Kier alpha value is -2.93. The number of halogens is 1. The van der Waals surface area contributed by atoms with Gasteiger partial charge in [-0.3, -0.25) is 9.59 Å². The number of hydrogen-bond donors (Lipinski definition) is 1. The van der Waals surface area contributed by atoms with E-state index in [0.29, 0.717) is 11.3 Å². The molecule has 0 aliphatic rings. The molecule has 1 heterocycles. The lowest BCUT2D eigenvalue weighted by Crippen LogP contribution is -2.30. The molecule has 28 heavy (non-hydrogen) atoms. The van der Waals surface area contributed by atoms with Crippen LogP contribution in [0.5, 0.6) is 0 Å². The highest BCUT2D eigenvalue weighted by Gasteiger charge is 2.22. The first-order valence-corrected chi connectivity index (χ1v) is 9.52. The molecule has 0 bridgehead atoms. The maximum Gasteiger partial charge on any atom is 0.307 e. The summed E-state index contributed by atoms with van der Waals surface area (Å²) in [6, 6.07) is 16.5. The lowest BCUT2D eigenvalue weighted by molar-refractivity contribution is -0.141. The minimum absolute atomic E-state index is 0.0478. The summed E-state index contributed by atoms with van der Waals surface area (Å²) >= 11 is 3.41. The van der Waals surface area contributed by atoms with E-state index in [2.05, 4.69) is 26.3 Å². The van der Waals surface area contributed by atoms with Crippen molar-refractivity contribution < 1.29 is 14.3 Å². The van der Waals surface area contributed by atoms with Crippen molar-refractivity contribution in [2.45, 2.75) is 19.4 Å². The van der Waals surface area contributed by atoms with Gasteiger partial charge in [-0.1, -0.05) is 46.3 Å². The van der Waals surface area contributed by atoms with Gasteiger partial charge in [-0.15, -0.1) is 0 Å². The summed E-state index contributed by atoms with van der Waals surface area (Å²) in [5.74, 6) is -0.685. The van der Waals surface area contributed by atoms with Crippen LogP contribution in [0.2, 0.25) is 0 Å². The lowest BCUT2D eigenvalue weighted by atomic mass is 10.0. The smallest absolute Gasteiger partial charge is 0.307 e. The fraction of sp³-hybridized carbons (Fsp3) is 0.190.